The number of thiazole rings is 1. The van der Waals surface area contributed by atoms with Crippen LogP contribution in [0.15, 0.2) is 42.5 Å². The number of carbonyl (C=O) groups excluding carboxylic acids is 1. The van der Waals surface area contributed by atoms with Crippen molar-refractivity contribution in [3.05, 3.63) is 48.0 Å². The second kappa shape index (κ2) is 8.29. The molecule has 0 saturated carbocycles. The molecule has 1 aliphatic heterocycles. The number of aromatic nitrogens is 1. The molecule has 0 N–H and O–H groups in total. The summed E-state index contributed by atoms with van der Waals surface area (Å²) in [6.07, 6.45) is 2.17. The molecule has 1 atom stereocenters. The molecule has 0 unspecified atom stereocenters. The fraction of sp³-hybridized carbons (Fsp3) is 0.364. The lowest BCUT2D eigenvalue weighted by atomic mass is 10.1. The lowest BCUT2D eigenvalue weighted by Crippen LogP contribution is -2.41. The Labute approximate surface area is 174 Å². The van der Waals surface area contributed by atoms with Crippen LogP contribution in [0, 0.1) is 0 Å². The highest BCUT2D eigenvalue weighted by Crippen LogP contribution is 2.33. The number of nitrogens with zero attached hydrogens (tertiary/aromatic N) is 3. The minimum atomic E-state index is -0.0258. The standard InChI is InChI=1S/C22H25N3O3S/c1-24(21(26)15-10-11-18(27-2)19(13-15)28-3)14-16-7-6-12-25(16)22-23-17-8-4-5-9-20(17)29-22/h4-5,8-11,13,16H,6-7,12,14H2,1-3H3/t16-/m0/s1. The molecule has 0 aliphatic carbocycles. The number of anilines is 1. The Balaban J connectivity index is 1.49. The fourth-order valence-electron chi connectivity index (χ4n) is 3.85. The lowest BCUT2D eigenvalue weighted by molar-refractivity contribution is 0.0787. The summed E-state index contributed by atoms with van der Waals surface area (Å²) in [4.78, 5) is 21.9. The second-order valence-electron chi connectivity index (χ2n) is 7.21. The van der Waals surface area contributed by atoms with Gasteiger partial charge in [-0.05, 0) is 43.2 Å². The molecular weight excluding hydrogens is 386 g/mol. The molecule has 1 fully saturated rings. The smallest absolute Gasteiger partial charge is 0.253 e. The van der Waals surface area contributed by atoms with Crippen molar-refractivity contribution in [2.45, 2.75) is 18.9 Å². The molecule has 0 bridgehead atoms. The number of carbonyl (C=O) groups is 1. The molecule has 6 nitrogen and oxygen atoms in total. The minimum absolute atomic E-state index is 0.0258. The van der Waals surface area contributed by atoms with Gasteiger partial charge >= 0.3 is 0 Å². The number of hydrogen-bond acceptors (Lipinski definition) is 6. The van der Waals surface area contributed by atoms with Crippen molar-refractivity contribution < 1.29 is 14.3 Å². The van der Waals surface area contributed by atoms with Crippen LogP contribution in [0.5, 0.6) is 11.5 Å². The van der Waals surface area contributed by atoms with Crippen LogP contribution in [0.25, 0.3) is 10.2 Å². The third kappa shape index (κ3) is 3.87. The van der Waals surface area contributed by atoms with Gasteiger partial charge in [0, 0.05) is 31.7 Å². The number of hydrogen-bond donors (Lipinski definition) is 0. The lowest BCUT2D eigenvalue weighted by Gasteiger charge is -2.28. The molecule has 1 saturated heterocycles. The molecule has 1 amide bonds. The number of amides is 1. The van der Waals surface area contributed by atoms with Crippen molar-refractivity contribution in [2.75, 3.05) is 39.3 Å². The van der Waals surface area contributed by atoms with Gasteiger partial charge in [0.05, 0.1) is 24.4 Å². The van der Waals surface area contributed by atoms with E-state index < -0.39 is 0 Å². The van der Waals surface area contributed by atoms with Gasteiger partial charge in [-0.1, -0.05) is 23.5 Å². The highest BCUT2D eigenvalue weighted by Gasteiger charge is 2.29. The molecule has 152 valence electrons. The van der Waals surface area contributed by atoms with Crippen molar-refractivity contribution in [3.63, 3.8) is 0 Å². The molecule has 0 spiro atoms. The van der Waals surface area contributed by atoms with Crippen LogP contribution in [-0.2, 0) is 0 Å². The summed E-state index contributed by atoms with van der Waals surface area (Å²) in [7, 11) is 5.01. The van der Waals surface area contributed by atoms with Gasteiger partial charge in [0.15, 0.2) is 16.6 Å². The summed E-state index contributed by atoms with van der Waals surface area (Å²) >= 11 is 1.72. The summed E-state index contributed by atoms with van der Waals surface area (Å²) in [5, 5.41) is 1.04. The van der Waals surface area contributed by atoms with E-state index in [0.717, 1.165) is 30.0 Å². The Hall–Kier alpha value is -2.80. The van der Waals surface area contributed by atoms with Gasteiger partial charge in [-0.15, -0.1) is 0 Å². The highest BCUT2D eigenvalue weighted by atomic mass is 32.1. The van der Waals surface area contributed by atoms with Crippen LogP contribution < -0.4 is 14.4 Å². The van der Waals surface area contributed by atoms with E-state index in [4.69, 9.17) is 14.5 Å². The number of para-hydroxylation sites is 1. The summed E-state index contributed by atoms with van der Waals surface area (Å²) in [5.41, 5.74) is 1.63. The van der Waals surface area contributed by atoms with Crippen LogP contribution in [0.2, 0.25) is 0 Å². The minimum Gasteiger partial charge on any atom is -0.493 e. The number of fused-ring (bicyclic) bond motifs is 1. The van der Waals surface area contributed by atoms with Crippen LogP contribution in [0.3, 0.4) is 0 Å². The number of benzene rings is 2. The van der Waals surface area contributed by atoms with Gasteiger partial charge in [-0.3, -0.25) is 4.79 Å². The molecule has 1 aliphatic rings. The molecular formula is C22H25N3O3S. The molecule has 2 heterocycles. The Morgan fingerprint density at radius 1 is 1.21 bits per heavy atom. The van der Waals surface area contributed by atoms with E-state index in [-0.39, 0.29) is 11.9 Å². The molecule has 3 aromatic rings. The van der Waals surface area contributed by atoms with Crippen LogP contribution in [-0.4, -0.2) is 56.2 Å². The van der Waals surface area contributed by atoms with Gasteiger partial charge < -0.3 is 19.3 Å². The quantitative estimate of drug-likeness (QED) is 0.612. The van der Waals surface area contributed by atoms with Crippen molar-refractivity contribution >= 4 is 32.6 Å². The normalized spacial score (nSPS) is 16.2. The van der Waals surface area contributed by atoms with Crippen LogP contribution in [0.4, 0.5) is 5.13 Å². The van der Waals surface area contributed by atoms with E-state index in [1.807, 2.05) is 25.2 Å². The van der Waals surface area contributed by atoms with Crippen molar-refractivity contribution in [2.24, 2.45) is 0 Å². The Morgan fingerprint density at radius 2 is 2.00 bits per heavy atom. The third-order valence-corrected chi connectivity index (χ3v) is 6.44. The zero-order chi connectivity index (χ0) is 20.4. The summed E-state index contributed by atoms with van der Waals surface area (Å²) in [6.45, 7) is 1.63. The van der Waals surface area contributed by atoms with Crippen LogP contribution in [0.1, 0.15) is 23.2 Å². The summed E-state index contributed by atoms with van der Waals surface area (Å²) in [6, 6.07) is 13.8. The molecule has 1 aromatic heterocycles. The number of methoxy groups -OCH3 is 2. The van der Waals surface area contributed by atoms with Gasteiger partial charge in [0.25, 0.3) is 5.91 Å². The predicted molar refractivity (Wildman–Crippen MR) is 116 cm³/mol. The zero-order valence-electron chi connectivity index (χ0n) is 16.9. The van der Waals surface area contributed by atoms with E-state index >= 15 is 0 Å². The molecule has 7 heteroatoms. The predicted octanol–water partition coefficient (Wildman–Crippen LogP) is 4.05. The van der Waals surface area contributed by atoms with E-state index in [1.165, 1.54) is 4.70 Å². The number of likely N-dealkylation sites (N-methyl/N-ethyl adjacent to an activating group) is 1. The van der Waals surface area contributed by atoms with Crippen molar-refractivity contribution in [1.29, 1.82) is 0 Å². The average molecular weight is 412 g/mol. The Kier molecular flexibility index (Phi) is 5.58. The summed E-state index contributed by atoms with van der Waals surface area (Å²) < 4.78 is 11.8. The SMILES string of the molecule is COc1ccc(C(=O)N(C)C[C@@H]2CCCN2c2nc3ccccc3s2)cc1OC. The van der Waals surface area contributed by atoms with E-state index in [2.05, 4.69) is 11.0 Å². The first-order valence-corrected chi connectivity index (χ1v) is 10.5. The number of ether oxygens (including phenoxy) is 2. The highest BCUT2D eigenvalue weighted by molar-refractivity contribution is 7.22. The van der Waals surface area contributed by atoms with Gasteiger partial charge in [-0.25, -0.2) is 4.98 Å². The monoisotopic (exact) mass is 411 g/mol. The van der Waals surface area contributed by atoms with Crippen LogP contribution >= 0.6 is 11.3 Å². The Morgan fingerprint density at radius 3 is 2.76 bits per heavy atom. The maximum atomic E-state index is 13.0. The van der Waals surface area contributed by atoms with Crippen molar-refractivity contribution in [3.8, 4) is 11.5 Å². The van der Waals surface area contributed by atoms with E-state index in [9.17, 15) is 4.79 Å². The molecule has 0 radical (unpaired) electrons. The Bertz CT molecular complexity index is 986. The van der Waals surface area contributed by atoms with Gasteiger partial charge in [0.2, 0.25) is 0 Å². The average Bonchev–Trinajstić information content (AvgIpc) is 3.38. The zero-order valence-corrected chi connectivity index (χ0v) is 17.7. The molecule has 4 rings (SSSR count). The first-order valence-electron chi connectivity index (χ1n) is 9.70. The molecule has 29 heavy (non-hydrogen) atoms. The first-order chi connectivity index (χ1) is 14.1. The van der Waals surface area contributed by atoms with E-state index in [0.29, 0.717) is 23.6 Å². The van der Waals surface area contributed by atoms with Gasteiger partial charge in [0.1, 0.15) is 0 Å². The van der Waals surface area contributed by atoms with E-state index in [1.54, 1.807) is 48.7 Å². The van der Waals surface area contributed by atoms with Crippen molar-refractivity contribution in [1.82, 2.24) is 9.88 Å². The second-order valence-corrected chi connectivity index (χ2v) is 8.22. The molecule has 2 aromatic carbocycles. The maximum absolute atomic E-state index is 13.0. The fourth-order valence-corrected chi connectivity index (χ4v) is 4.91. The first kappa shape index (κ1) is 19.5. The summed E-state index contributed by atoms with van der Waals surface area (Å²) in [5.74, 6) is 1.15. The number of rotatable bonds is 6. The largest absolute Gasteiger partial charge is 0.493 e. The third-order valence-electron chi connectivity index (χ3n) is 5.37. The topological polar surface area (TPSA) is 54.9 Å². The van der Waals surface area contributed by atoms with Gasteiger partial charge in [-0.2, -0.15) is 0 Å². The maximum Gasteiger partial charge on any atom is 0.253 e.